The molecule has 3 aromatic carbocycles. The van der Waals surface area contributed by atoms with E-state index in [4.69, 9.17) is 9.47 Å². The van der Waals surface area contributed by atoms with Gasteiger partial charge in [0, 0.05) is 11.6 Å². The van der Waals surface area contributed by atoms with Crippen LogP contribution < -0.4 is 9.47 Å². The molecule has 2 N–H and O–H groups in total. The molecule has 0 atom stereocenters. The molecule has 0 aromatic heterocycles. The number of methoxy groups -OCH3 is 1. The van der Waals surface area contributed by atoms with E-state index in [2.05, 4.69) is 0 Å². The molecule has 30 heavy (non-hydrogen) atoms. The van der Waals surface area contributed by atoms with Crippen LogP contribution in [0.1, 0.15) is 32.6 Å². The molecule has 5 nitrogen and oxygen atoms in total. The first-order valence-electron chi connectivity index (χ1n) is 9.49. The van der Waals surface area contributed by atoms with Gasteiger partial charge in [-0.2, -0.15) is 0 Å². The molecule has 0 heterocycles. The Hall–Kier alpha value is -3.73. The molecule has 0 radical (unpaired) electrons. The molecular weight excluding hydrogens is 380 g/mol. The molecule has 0 aliphatic heterocycles. The van der Waals surface area contributed by atoms with E-state index in [1.807, 2.05) is 50.2 Å². The van der Waals surface area contributed by atoms with Gasteiger partial charge in [-0.25, -0.2) is 0 Å². The van der Waals surface area contributed by atoms with Crippen LogP contribution in [0.25, 0.3) is 6.08 Å². The molecule has 0 saturated heterocycles. The van der Waals surface area contributed by atoms with E-state index in [0.717, 1.165) is 34.1 Å². The van der Waals surface area contributed by atoms with Crippen molar-refractivity contribution in [1.29, 1.82) is 0 Å². The Labute approximate surface area is 175 Å². The maximum atomic E-state index is 12.4. The van der Waals surface area contributed by atoms with Gasteiger partial charge in [0.1, 0.15) is 29.6 Å². The number of carbonyl (C=O) groups is 1. The van der Waals surface area contributed by atoms with E-state index in [1.165, 1.54) is 18.2 Å². The Morgan fingerprint density at radius 3 is 2.40 bits per heavy atom. The lowest BCUT2D eigenvalue weighted by Gasteiger charge is -2.14. The summed E-state index contributed by atoms with van der Waals surface area (Å²) < 4.78 is 11.5. The number of ketones is 1. The minimum absolute atomic E-state index is 0.100. The zero-order valence-electron chi connectivity index (χ0n) is 17.2. The number of allylic oxidation sites excluding steroid dienone is 1. The fraction of sp³-hybridized carbons (Fsp3) is 0.160. The summed E-state index contributed by atoms with van der Waals surface area (Å²) in [7, 11) is 1.60. The monoisotopic (exact) mass is 404 g/mol. The first-order valence-corrected chi connectivity index (χ1v) is 9.49. The van der Waals surface area contributed by atoms with Gasteiger partial charge in [0.2, 0.25) is 0 Å². The molecule has 0 fully saturated rings. The standard InChI is InChI=1S/C25H24O5/c1-16-5-4-6-17(2)25(16)30-15-19-13-18(8-12-24(19)29-3)7-11-22(27)21-10-9-20(26)14-23(21)28/h4-14,26,28H,15H2,1-3H3/b11-7+. The van der Waals surface area contributed by atoms with Crippen LogP contribution in [0.5, 0.6) is 23.0 Å². The van der Waals surface area contributed by atoms with Gasteiger partial charge in [-0.3, -0.25) is 4.79 Å². The summed E-state index contributed by atoms with van der Waals surface area (Å²) in [6.45, 7) is 4.33. The molecule has 0 amide bonds. The molecular formula is C25H24O5. The zero-order chi connectivity index (χ0) is 21.7. The number of rotatable bonds is 7. The summed E-state index contributed by atoms with van der Waals surface area (Å²) >= 11 is 0. The van der Waals surface area contributed by atoms with Gasteiger partial charge >= 0.3 is 0 Å². The molecule has 154 valence electrons. The third kappa shape index (κ3) is 4.81. The number of aromatic hydroxyl groups is 2. The molecule has 0 aliphatic carbocycles. The van der Waals surface area contributed by atoms with Crippen molar-refractivity contribution in [2.75, 3.05) is 7.11 Å². The molecule has 0 spiro atoms. The molecule has 3 rings (SSSR count). The second-order valence-corrected chi connectivity index (χ2v) is 6.98. The number of para-hydroxylation sites is 1. The van der Waals surface area contributed by atoms with Crippen molar-refractivity contribution < 1.29 is 24.5 Å². The largest absolute Gasteiger partial charge is 0.508 e. The van der Waals surface area contributed by atoms with Crippen LogP contribution in [0.15, 0.2) is 60.7 Å². The normalized spacial score (nSPS) is 10.9. The lowest BCUT2D eigenvalue weighted by Crippen LogP contribution is -2.01. The summed E-state index contributed by atoms with van der Waals surface area (Å²) in [6, 6.07) is 15.4. The van der Waals surface area contributed by atoms with Crippen molar-refractivity contribution >= 4 is 11.9 Å². The summed E-state index contributed by atoms with van der Waals surface area (Å²) in [5.74, 6) is 0.815. The maximum Gasteiger partial charge on any atom is 0.189 e. The zero-order valence-corrected chi connectivity index (χ0v) is 17.2. The van der Waals surface area contributed by atoms with Crippen LogP contribution in [0, 0.1) is 13.8 Å². The second kappa shape index (κ2) is 9.18. The van der Waals surface area contributed by atoms with E-state index in [0.29, 0.717) is 12.4 Å². The second-order valence-electron chi connectivity index (χ2n) is 6.98. The lowest BCUT2D eigenvalue weighted by molar-refractivity contribution is 0.104. The summed E-state index contributed by atoms with van der Waals surface area (Å²) in [4.78, 5) is 12.4. The van der Waals surface area contributed by atoms with Crippen molar-refractivity contribution in [3.05, 3.63) is 88.5 Å². The first-order chi connectivity index (χ1) is 14.4. The third-order valence-corrected chi connectivity index (χ3v) is 4.76. The van der Waals surface area contributed by atoms with Gasteiger partial charge in [0.05, 0.1) is 12.7 Å². The highest BCUT2D eigenvalue weighted by atomic mass is 16.5. The van der Waals surface area contributed by atoms with Gasteiger partial charge in [0.15, 0.2) is 5.78 Å². The number of phenolic OH excluding ortho intramolecular Hbond substituents is 2. The highest BCUT2D eigenvalue weighted by Gasteiger charge is 2.10. The topological polar surface area (TPSA) is 76.0 Å². The number of hydrogen-bond acceptors (Lipinski definition) is 5. The van der Waals surface area contributed by atoms with Crippen molar-refractivity contribution in [3.63, 3.8) is 0 Å². The molecule has 0 bridgehead atoms. The molecule has 5 heteroatoms. The summed E-state index contributed by atoms with van der Waals surface area (Å²) in [5.41, 5.74) is 3.88. The van der Waals surface area contributed by atoms with Crippen LogP contribution >= 0.6 is 0 Å². The van der Waals surface area contributed by atoms with Gasteiger partial charge < -0.3 is 19.7 Å². The highest BCUT2D eigenvalue weighted by molar-refractivity contribution is 6.08. The predicted molar refractivity (Wildman–Crippen MR) is 116 cm³/mol. The van der Waals surface area contributed by atoms with E-state index in [1.54, 1.807) is 13.2 Å². The number of aryl methyl sites for hydroxylation is 2. The Balaban J connectivity index is 1.80. The highest BCUT2D eigenvalue weighted by Crippen LogP contribution is 2.27. The van der Waals surface area contributed by atoms with Gasteiger partial charge in [0.25, 0.3) is 0 Å². The Morgan fingerprint density at radius 1 is 1.00 bits per heavy atom. The van der Waals surface area contributed by atoms with Crippen LogP contribution in [0.3, 0.4) is 0 Å². The van der Waals surface area contributed by atoms with Crippen molar-refractivity contribution in [2.45, 2.75) is 20.5 Å². The van der Waals surface area contributed by atoms with Gasteiger partial charge in [-0.15, -0.1) is 0 Å². The number of carbonyl (C=O) groups excluding carboxylic acids is 1. The average molecular weight is 404 g/mol. The van der Waals surface area contributed by atoms with Crippen LogP contribution in [-0.4, -0.2) is 23.1 Å². The lowest BCUT2D eigenvalue weighted by atomic mass is 10.1. The number of ether oxygens (including phenoxy) is 2. The van der Waals surface area contributed by atoms with E-state index >= 15 is 0 Å². The number of benzene rings is 3. The Morgan fingerprint density at radius 2 is 1.73 bits per heavy atom. The molecule has 3 aromatic rings. The predicted octanol–water partition coefficient (Wildman–Crippen LogP) is 5.20. The number of hydrogen-bond donors (Lipinski definition) is 2. The van der Waals surface area contributed by atoms with Gasteiger partial charge in [-0.05, 0) is 60.9 Å². The summed E-state index contributed by atoms with van der Waals surface area (Å²) in [6.07, 6.45) is 3.04. The minimum Gasteiger partial charge on any atom is -0.508 e. The fourth-order valence-corrected chi connectivity index (χ4v) is 3.18. The third-order valence-electron chi connectivity index (χ3n) is 4.76. The first kappa shape index (κ1) is 21.0. The van der Waals surface area contributed by atoms with Gasteiger partial charge in [-0.1, -0.05) is 30.3 Å². The number of phenols is 2. The maximum absolute atomic E-state index is 12.4. The van der Waals surface area contributed by atoms with Crippen molar-refractivity contribution in [3.8, 4) is 23.0 Å². The van der Waals surface area contributed by atoms with Crippen molar-refractivity contribution in [1.82, 2.24) is 0 Å². The van der Waals surface area contributed by atoms with Crippen molar-refractivity contribution in [2.24, 2.45) is 0 Å². The Bertz CT molecular complexity index is 1080. The molecule has 0 aliphatic rings. The van der Waals surface area contributed by atoms with Crippen LogP contribution in [0.2, 0.25) is 0 Å². The van der Waals surface area contributed by atoms with E-state index in [9.17, 15) is 15.0 Å². The Kier molecular flexibility index (Phi) is 6.42. The molecule has 0 saturated carbocycles. The van der Waals surface area contributed by atoms with Crippen LogP contribution in [-0.2, 0) is 6.61 Å². The van der Waals surface area contributed by atoms with E-state index in [-0.39, 0.29) is 22.8 Å². The summed E-state index contributed by atoms with van der Waals surface area (Å²) in [5, 5.41) is 19.2. The molecule has 0 unspecified atom stereocenters. The average Bonchev–Trinajstić information content (AvgIpc) is 2.71. The minimum atomic E-state index is -0.364. The smallest absolute Gasteiger partial charge is 0.189 e. The van der Waals surface area contributed by atoms with E-state index < -0.39 is 0 Å². The fourth-order valence-electron chi connectivity index (χ4n) is 3.18. The SMILES string of the molecule is COc1ccc(/C=C/C(=O)c2ccc(O)cc2O)cc1COc1c(C)cccc1C. The van der Waals surface area contributed by atoms with Crippen LogP contribution in [0.4, 0.5) is 0 Å². The quantitative estimate of drug-likeness (QED) is 0.418.